The van der Waals surface area contributed by atoms with E-state index in [0.717, 1.165) is 51.4 Å². The van der Waals surface area contributed by atoms with Crippen LogP contribution in [0.1, 0.15) is 174 Å². The van der Waals surface area contributed by atoms with E-state index in [1.54, 1.807) is 0 Å². The van der Waals surface area contributed by atoms with Crippen LogP contribution in [-0.2, 0) is 38.0 Å². The van der Waals surface area contributed by atoms with E-state index in [1.807, 2.05) is 12.2 Å². The first kappa shape index (κ1) is 62.3. The van der Waals surface area contributed by atoms with E-state index < -0.39 is 99.3 Å². The molecular weight excluding hydrogens is 889 g/mol. The summed E-state index contributed by atoms with van der Waals surface area (Å²) >= 11 is 0. The Balaban J connectivity index is 1.83. The van der Waals surface area contributed by atoms with Gasteiger partial charge in [-0.25, -0.2) is 0 Å². The third-order valence-electron chi connectivity index (χ3n) is 12.3. The lowest BCUT2D eigenvalue weighted by molar-refractivity contribution is -0.332. The molecule has 7 N–H and O–H groups in total. The van der Waals surface area contributed by atoms with Gasteiger partial charge in [0.1, 0.15) is 55.4 Å². The van der Waals surface area contributed by atoms with E-state index in [2.05, 4.69) is 62.5 Å². The second-order valence-electron chi connectivity index (χ2n) is 18.3. The number of hydrogen-bond donors (Lipinski definition) is 7. The van der Waals surface area contributed by atoms with Crippen molar-refractivity contribution in [1.29, 1.82) is 0 Å². The van der Waals surface area contributed by atoms with Gasteiger partial charge in [-0.3, -0.25) is 9.59 Å². The Kier molecular flexibility index (Phi) is 36.8. The number of aliphatic hydroxyl groups is 7. The minimum Gasteiger partial charge on any atom is -0.462 e. The zero-order valence-corrected chi connectivity index (χ0v) is 42.0. The van der Waals surface area contributed by atoms with Crippen molar-refractivity contribution in [2.24, 2.45) is 0 Å². The molecule has 2 rings (SSSR count). The molecule has 0 aliphatic carbocycles. The number of carbonyl (C=O) groups excluding carboxylic acids is 2. The molecule has 0 aromatic heterocycles. The minimum atomic E-state index is -1.78. The van der Waals surface area contributed by atoms with Crippen LogP contribution in [0.5, 0.6) is 0 Å². The Morgan fingerprint density at radius 2 is 0.913 bits per heavy atom. The van der Waals surface area contributed by atoms with Crippen molar-refractivity contribution >= 4 is 11.9 Å². The molecule has 2 fully saturated rings. The Bertz CT molecular complexity index is 1430. The first-order valence-electron chi connectivity index (χ1n) is 26.4. The predicted octanol–water partition coefficient (Wildman–Crippen LogP) is 7.66. The summed E-state index contributed by atoms with van der Waals surface area (Å²) in [6, 6.07) is 0. The number of rotatable bonds is 40. The Morgan fingerprint density at radius 3 is 1.42 bits per heavy atom. The van der Waals surface area contributed by atoms with Gasteiger partial charge in [-0.2, -0.15) is 0 Å². The number of hydrogen-bond acceptors (Lipinski definition) is 15. The van der Waals surface area contributed by atoms with Gasteiger partial charge in [0.15, 0.2) is 18.7 Å². The molecule has 0 radical (unpaired) electrons. The van der Waals surface area contributed by atoms with Crippen LogP contribution in [0.4, 0.5) is 0 Å². The molecule has 11 unspecified atom stereocenters. The quantitative estimate of drug-likeness (QED) is 0.0178. The fourth-order valence-corrected chi connectivity index (χ4v) is 7.96. The van der Waals surface area contributed by atoms with Gasteiger partial charge in [0.2, 0.25) is 0 Å². The number of esters is 2. The lowest BCUT2D eigenvalue weighted by atomic mass is 9.98. The largest absolute Gasteiger partial charge is 0.462 e. The molecule has 0 aromatic carbocycles. The first-order chi connectivity index (χ1) is 33.5. The highest BCUT2D eigenvalue weighted by atomic mass is 16.7. The van der Waals surface area contributed by atoms with E-state index in [4.69, 9.17) is 28.4 Å². The number of ether oxygens (including phenoxy) is 6. The normalized spacial score (nSPS) is 26.0. The molecule has 0 aromatic rings. The third-order valence-corrected chi connectivity index (χ3v) is 12.3. The van der Waals surface area contributed by atoms with Crippen LogP contribution in [0, 0.1) is 0 Å². The van der Waals surface area contributed by atoms with Crippen LogP contribution in [0.3, 0.4) is 0 Å². The molecule has 0 amide bonds. The second-order valence-corrected chi connectivity index (χ2v) is 18.3. The van der Waals surface area contributed by atoms with Gasteiger partial charge in [-0.1, -0.05) is 171 Å². The Morgan fingerprint density at radius 1 is 0.478 bits per heavy atom. The van der Waals surface area contributed by atoms with Crippen molar-refractivity contribution in [3.8, 4) is 0 Å². The lowest BCUT2D eigenvalue weighted by Gasteiger charge is -2.42. The second kappa shape index (κ2) is 40.8. The molecule has 69 heavy (non-hydrogen) atoms. The molecule has 0 spiro atoms. The zero-order valence-electron chi connectivity index (χ0n) is 42.0. The van der Waals surface area contributed by atoms with Gasteiger partial charge in [0, 0.05) is 12.8 Å². The SMILES string of the molecule is CC/C=C\C/C=C\C/C=C\C/C=C\C/C=C\CCCC(=O)OC(COC(=O)CCCCCCCCCCCCCCCCCC)COC1OC(COC2OC(CO)C(O)C(O)C2O)C(O)C(O)C1O. The summed E-state index contributed by atoms with van der Waals surface area (Å²) < 4.78 is 33.5. The maximum atomic E-state index is 13.0. The summed E-state index contributed by atoms with van der Waals surface area (Å²) in [5, 5.41) is 72.1. The molecule has 11 atom stereocenters. The summed E-state index contributed by atoms with van der Waals surface area (Å²) in [6.07, 6.45) is 29.7. The van der Waals surface area contributed by atoms with E-state index in [9.17, 15) is 45.3 Å². The van der Waals surface area contributed by atoms with Gasteiger partial charge >= 0.3 is 11.9 Å². The van der Waals surface area contributed by atoms with E-state index >= 15 is 0 Å². The van der Waals surface area contributed by atoms with Gasteiger partial charge in [0.25, 0.3) is 0 Å². The van der Waals surface area contributed by atoms with Crippen molar-refractivity contribution in [2.75, 3.05) is 26.4 Å². The molecule has 2 saturated heterocycles. The van der Waals surface area contributed by atoms with Gasteiger partial charge < -0.3 is 64.2 Å². The molecule has 2 aliphatic rings. The molecule has 15 nitrogen and oxygen atoms in total. The average Bonchev–Trinajstić information content (AvgIpc) is 3.34. The van der Waals surface area contributed by atoms with Crippen molar-refractivity contribution in [2.45, 2.75) is 242 Å². The smallest absolute Gasteiger partial charge is 0.306 e. The monoisotopic (exact) mass is 981 g/mol. The predicted molar refractivity (Wildman–Crippen MR) is 266 cm³/mol. The molecule has 0 bridgehead atoms. The zero-order chi connectivity index (χ0) is 50.3. The maximum Gasteiger partial charge on any atom is 0.306 e. The van der Waals surface area contributed by atoms with Gasteiger partial charge in [-0.05, 0) is 51.4 Å². The molecule has 0 saturated carbocycles. The molecule has 2 aliphatic heterocycles. The van der Waals surface area contributed by atoms with Crippen LogP contribution in [0.25, 0.3) is 0 Å². The highest BCUT2D eigenvalue weighted by Crippen LogP contribution is 2.26. The summed E-state index contributed by atoms with van der Waals surface area (Å²) in [5.41, 5.74) is 0. The highest BCUT2D eigenvalue weighted by molar-refractivity contribution is 5.70. The number of unbranched alkanes of at least 4 members (excludes halogenated alkanes) is 16. The van der Waals surface area contributed by atoms with Crippen molar-refractivity contribution < 1.29 is 73.8 Å². The first-order valence-corrected chi connectivity index (χ1v) is 26.4. The third kappa shape index (κ3) is 28.7. The standard InChI is InChI=1S/C54H92O15/c1-3-5-7-9-11-13-15-17-19-21-23-25-27-29-31-33-35-37-46(57)67-42(39-64-45(56)36-34-32-30-28-26-24-22-20-18-16-14-12-10-8-6-4-2)40-65-53-52(63)50(61)48(59)44(69-53)41-66-54-51(62)49(60)47(58)43(38-55)68-54/h5,7,11,13,17,19,23,25,29,31,42-44,47-55,58-63H,3-4,6,8-10,12,14-16,18,20-22,24,26-28,30,32-41H2,1-2H3/b7-5-,13-11-,19-17-,25-23-,31-29-. The lowest BCUT2D eigenvalue weighted by Crippen LogP contribution is -2.61. The van der Waals surface area contributed by atoms with Gasteiger partial charge in [-0.15, -0.1) is 0 Å². The van der Waals surface area contributed by atoms with Crippen LogP contribution < -0.4 is 0 Å². The fraction of sp³-hybridized carbons (Fsp3) is 0.778. The summed E-state index contributed by atoms with van der Waals surface area (Å²) in [6.45, 7) is 2.42. The van der Waals surface area contributed by atoms with Crippen molar-refractivity contribution in [1.82, 2.24) is 0 Å². The number of carbonyl (C=O) groups is 2. The Hall–Kier alpha value is -2.80. The summed E-state index contributed by atoms with van der Waals surface area (Å²) in [7, 11) is 0. The maximum absolute atomic E-state index is 13.0. The van der Waals surface area contributed by atoms with E-state index in [1.165, 1.54) is 77.0 Å². The minimum absolute atomic E-state index is 0.0861. The molecule has 398 valence electrons. The molecule has 2 heterocycles. The van der Waals surface area contributed by atoms with Crippen LogP contribution in [0.2, 0.25) is 0 Å². The summed E-state index contributed by atoms with van der Waals surface area (Å²) in [4.78, 5) is 25.8. The van der Waals surface area contributed by atoms with Crippen LogP contribution in [0.15, 0.2) is 60.8 Å². The average molecular weight is 981 g/mol. The fourth-order valence-electron chi connectivity index (χ4n) is 7.96. The van der Waals surface area contributed by atoms with Gasteiger partial charge in [0.05, 0.1) is 19.8 Å². The van der Waals surface area contributed by atoms with Crippen LogP contribution in [-0.4, -0.2) is 142 Å². The topological polar surface area (TPSA) is 231 Å². The summed E-state index contributed by atoms with van der Waals surface area (Å²) in [5.74, 6) is -0.992. The number of aliphatic hydroxyl groups excluding tert-OH is 7. The number of allylic oxidation sites excluding steroid dienone is 10. The van der Waals surface area contributed by atoms with Crippen molar-refractivity contribution in [3.05, 3.63) is 60.8 Å². The molecule has 15 heteroatoms. The highest BCUT2D eigenvalue weighted by Gasteiger charge is 2.47. The van der Waals surface area contributed by atoms with Crippen LogP contribution >= 0.6 is 0 Å². The molecular formula is C54H92O15. The van der Waals surface area contributed by atoms with E-state index in [0.29, 0.717) is 19.3 Å². The van der Waals surface area contributed by atoms with Crippen molar-refractivity contribution in [3.63, 3.8) is 0 Å². The Labute approximate surface area is 413 Å². The van der Waals surface area contributed by atoms with E-state index in [-0.39, 0.29) is 19.4 Å².